The fraction of sp³-hybridized carbons (Fsp3) is 1.00. The molecule has 3 unspecified atom stereocenters. The molecule has 0 N–H and O–H groups in total. The Balaban J connectivity index is 1.84. The smallest absolute Gasteiger partial charge is 0.0176 e. The van der Waals surface area contributed by atoms with E-state index in [1.807, 2.05) is 0 Å². The van der Waals surface area contributed by atoms with Crippen molar-refractivity contribution in [2.45, 2.75) is 46.0 Å². The zero-order chi connectivity index (χ0) is 7.69. The van der Waals surface area contributed by atoms with Crippen molar-refractivity contribution < 1.29 is 0 Å². The van der Waals surface area contributed by atoms with E-state index in [0.717, 1.165) is 16.7 Å². The maximum absolute atomic E-state index is 2.49. The topological polar surface area (TPSA) is 0 Å². The number of hydrogen-bond donors (Lipinski definition) is 0. The average molecular weight is 150 g/mol. The van der Waals surface area contributed by atoms with Crippen LogP contribution < -0.4 is 0 Å². The SMILES string of the molecule is CC1(C)C2C3CCCCCC321. The Labute approximate surface area is 69.4 Å². The van der Waals surface area contributed by atoms with Crippen LogP contribution in [0, 0.1) is 22.7 Å². The van der Waals surface area contributed by atoms with Gasteiger partial charge in [0.05, 0.1) is 0 Å². The normalized spacial score (nSPS) is 57.3. The molecule has 0 radical (unpaired) electrons. The van der Waals surface area contributed by atoms with Crippen molar-refractivity contribution in [1.29, 1.82) is 0 Å². The van der Waals surface area contributed by atoms with E-state index in [1.165, 1.54) is 25.2 Å². The molecule has 0 aromatic heterocycles. The minimum absolute atomic E-state index is 0.766. The van der Waals surface area contributed by atoms with Gasteiger partial charge in [0.2, 0.25) is 0 Å². The molecule has 3 saturated carbocycles. The summed E-state index contributed by atoms with van der Waals surface area (Å²) in [6, 6.07) is 0. The van der Waals surface area contributed by atoms with Crippen LogP contribution in [0.2, 0.25) is 0 Å². The van der Waals surface area contributed by atoms with Gasteiger partial charge >= 0.3 is 0 Å². The lowest BCUT2D eigenvalue weighted by atomic mass is 9.82. The van der Waals surface area contributed by atoms with Gasteiger partial charge in [0.25, 0.3) is 0 Å². The van der Waals surface area contributed by atoms with Gasteiger partial charge in [-0.05, 0) is 35.5 Å². The van der Waals surface area contributed by atoms with Crippen LogP contribution in [0.3, 0.4) is 0 Å². The monoisotopic (exact) mass is 150 g/mol. The fourth-order valence-electron chi connectivity index (χ4n) is 4.38. The van der Waals surface area contributed by atoms with Gasteiger partial charge < -0.3 is 0 Å². The van der Waals surface area contributed by atoms with Gasteiger partial charge in [0.1, 0.15) is 0 Å². The van der Waals surface area contributed by atoms with Crippen LogP contribution in [0.5, 0.6) is 0 Å². The van der Waals surface area contributed by atoms with Crippen LogP contribution >= 0.6 is 0 Å². The van der Waals surface area contributed by atoms with Crippen molar-refractivity contribution in [2.24, 2.45) is 22.7 Å². The third-order valence-corrected chi connectivity index (χ3v) is 5.01. The van der Waals surface area contributed by atoms with Gasteiger partial charge in [0, 0.05) is 0 Å². The molecule has 0 saturated heterocycles. The molecule has 0 aromatic carbocycles. The molecule has 1 spiro atoms. The predicted octanol–water partition coefficient (Wildman–Crippen LogP) is 3.22. The summed E-state index contributed by atoms with van der Waals surface area (Å²) >= 11 is 0. The summed E-state index contributed by atoms with van der Waals surface area (Å²) in [6.07, 6.45) is 7.69. The standard InChI is InChI=1S/C11H18/c1-10(2)9-8-6-4-3-5-7-11(8,9)10/h8-9H,3-7H2,1-2H3. The second-order valence-electron chi connectivity index (χ2n) is 5.45. The first-order valence-electron chi connectivity index (χ1n) is 5.21. The van der Waals surface area contributed by atoms with Gasteiger partial charge in [-0.2, -0.15) is 0 Å². The average Bonchev–Trinajstić information content (AvgIpc) is 2.67. The summed E-state index contributed by atoms with van der Waals surface area (Å²) in [5, 5.41) is 0. The molecule has 0 aromatic rings. The van der Waals surface area contributed by atoms with E-state index in [1.54, 1.807) is 12.8 Å². The molecular weight excluding hydrogens is 132 g/mol. The summed E-state index contributed by atoms with van der Waals surface area (Å²) in [4.78, 5) is 0. The van der Waals surface area contributed by atoms with E-state index in [0.29, 0.717) is 0 Å². The van der Waals surface area contributed by atoms with Crippen LogP contribution in [-0.4, -0.2) is 0 Å². The predicted molar refractivity (Wildman–Crippen MR) is 46.3 cm³/mol. The van der Waals surface area contributed by atoms with Gasteiger partial charge in [-0.3, -0.25) is 0 Å². The molecule has 3 aliphatic rings. The van der Waals surface area contributed by atoms with Gasteiger partial charge in [0.15, 0.2) is 0 Å². The van der Waals surface area contributed by atoms with Crippen LogP contribution in [0.25, 0.3) is 0 Å². The van der Waals surface area contributed by atoms with Gasteiger partial charge in [-0.15, -0.1) is 0 Å². The van der Waals surface area contributed by atoms with E-state index < -0.39 is 0 Å². The Kier molecular flexibility index (Phi) is 0.906. The van der Waals surface area contributed by atoms with E-state index >= 15 is 0 Å². The highest BCUT2D eigenvalue weighted by atomic mass is 14.9. The molecule has 3 aliphatic carbocycles. The molecule has 3 atom stereocenters. The molecule has 3 rings (SSSR count). The molecule has 0 heteroatoms. The van der Waals surface area contributed by atoms with E-state index in [2.05, 4.69) is 13.8 Å². The number of rotatable bonds is 0. The van der Waals surface area contributed by atoms with Gasteiger partial charge in [-0.1, -0.05) is 33.1 Å². The van der Waals surface area contributed by atoms with E-state index in [-0.39, 0.29) is 0 Å². The van der Waals surface area contributed by atoms with Crippen LogP contribution in [0.15, 0.2) is 0 Å². The Bertz CT molecular complexity index is 204. The maximum Gasteiger partial charge on any atom is -0.0176 e. The summed E-state index contributed by atoms with van der Waals surface area (Å²) in [6.45, 7) is 4.97. The molecule has 0 aliphatic heterocycles. The van der Waals surface area contributed by atoms with Crippen molar-refractivity contribution in [2.75, 3.05) is 0 Å². The molecule has 0 nitrogen and oxygen atoms in total. The molecule has 0 amide bonds. The molecule has 0 bridgehead atoms. The van der Waals surface area contributed by atoms with Crippen molar-refractivity contribution in [3.8, 4) is 0 Å². The highest BCUT2D eigenvalue weighted by molar-refractivity contribution is 5.36. The number of fused-ring (bicyclic) bond motifs is 1. The zero-order valence-electron chi connectivity index (χ0n) is 7.69. The largest absolute Gasteiger partial charge is 0.0591 e. The first-order chi connectivity index (χ1) is 5.21. The zero-order valence-corrected chi connectivity index (χ0v) is 7.69. The number of hydrogen-bond acceptors (Lipinski definition) is 0. The third kappa shape index (κ3) is 0.494. The third-order valence-electron chi connectivity index (χ3n) is 5.01. The van der Waals surface area contributed by atoms with Crippen LogP contribution in [0.1, 0.15) is 46.0 Å². The summed E-state index contributed by atoms with van der Waals surface area (Å²) in [7, 11) is 0. The Morgan fingerprint density at radius 1 is 1.09 bits per heavy atom. The van der Waals surface area contributed by atoms with Crippen LogP contribution in [0.4, 0.5) is 0 Å². The lowest BCUT2D eigenvalue weighted by Crippen LogP contribution is -2.15. The fourth-order valence-corrected chi connectivity index (χ4v) is 4.38. The van der Waals surface area contributed by atoms with Crippen molar-refractivity contribution >= 4 is 0 Å². The summed E-state index contributed by atoms with van der Waals surface area (Å²) in [5.74, 6) is 2.34. The first-order valence-corrected chi connectivity index (χ1v) is 5.21. The highest BCUT2D eigenvalue weighted by Crippen LogP contribution is 2.94. The summed E-state index contributed by atoms with van der Waals surface area (Å²) < 4.78 is 0. The van der Waals surface area contributed by atoms with Crippen molar-refractivity contribution in [1.82, 2.24) is 0 Å². The quantitative estimate of drug-likeness (QED) is 0.497. The van der Waals surface area contributed by atoms with E-state index in [4.69, 9.17) is 0 Å². The highest BCUT2D eigenvalue weighted by Gasteiger charge is 2.89. The second kappa shape index (κ2) is 1.53. The van der Waals surface area contributed by atoms with E-state index in [9.17, 15) is 0 Å². The minimum Gasteiger partial charge on any atom is -0.0591 e. The molecule has 11 heavy (non-hydrogen) atoms. The molecular formula is C11H18. The minimum atomic E-state index is 0.766. The maximum atomic E-state index is 2.49. The molecule has 0 heterocycles. The lowest BCUT2D eigenvalue weighted by Gasteiger charge is -2.22. The Morgan fingerprint density at radius 3 is 2.64 bits per heavy atom. The summed E-state index contributed by atoms with van der Waals surface area (Å²) in [5.41, 5.74) is 1.66. The van der Waals surface area contributed by atoms with Crippen molar-refractivity contribution in [3.05, 3.63) is 0 Å². The van der Waals surface area contributed by atoms with Crippen molar-refractivity contribution in [3.63, 3.8) is 0 Å². The van der Waals surface area contributed by atoms with Crippen LogP contribution in [-0.2, 0) is 0 Å². The molecule has 62 valence electrons. The van der Waals surface area contributed by atoms with Gasteiger partial charge in [-0.25, -0.2) is 0 Å². The Morgan fingerprint density at radius 2 is 1.91 bits per heavy atom. The lowest BCUT2D eigenvalue weighted by molar-refractivity contribution is 0.264. The first kappa shape index (κ1) is 6.51. The molecule has 3 fully saturated rings. The Hall–Kier alpha value is 0. The second-order valence-corrected chi connectivity index (χ2v) is 5.45.